The minimum atomic E-state index is -3.78. The lowest BCUT2D eigenvalue weighted by atomic mass is 10.1. The number of carbonyl (C=O) groups is 1. The summed E-state index contributed by atoms with van der Waals surface area (Å²) in [4.78, 5) is 11.9. The van der Waals surface area contributed by atoms with E-state index in [1.165, 1.54) is 14.2 Å². The molecule has 0 bridgehead atoms. The molecule has 0 saturated heterocycles. The first-order valence-corrected chi connectivity index (χ1v) is 7.14. The monoisotopic (exact) mass is 288 g/mol. The van der Waals surface area contributed by atoms with Gasteiger partial charge in [-0.2, -0.15) is 0 Å². The largest absolute Gasteiger partial charge is 0.475 e. The van der Waals surface area contributed by atoms with Crippen molar-refractivity contribution in [2.24, 2.45) is 0 Å². The van der Waals surface area contributed by atoms with Crippen molar-refractivity contribution in [2.75, 3.05) is 20.8 Å². The molecular formula is C12H17O6P. The molecule has 0 aliphatic rings. The van der Waals surface area contributed by atoms with E-state index in [9.17, 15) is 9.36 Å². The van der Waals surface area contributed by atoms with Crippen LogP contribution in [0, 0.1) is 0 Å². The molecule has 0 saturated carbocycles. The van der Waals surface area contributed by atoms with Gasteiger partial charge in [-0.1, -0.05) is 30.3 Å². The molecule has 0 amide bonds. The average Bonchev–Trinajstić information content (AvgIpc) is 2.45. The van der Waals surface area contributed by atoms with E-state index in [0.717, 1.165) is 0 Å². The van der Waals surface area contributed by atoms with E-state index < -0.39 is 19.9 Å². The Hall–Kier alpha value is -1.20. The van der Waals surface area contributed by atoms with Crippen LogP contribution in [0.1, 0.15) is 18.6 Å². The second kappa shape index (κ2) is 7.40. The number of benzene rings is 1. The molecule has 0 heterocycles. The zero-order valence-corrected chi connectivity index (χ0v) is 12.0. The Morgan fingerprint density at radius 1 is 1.21 bits per heavy atom. The molecule has 1 unspecified atom stereocenters. The van der Waals surface area contributed by atoms with Crippen LogP contribution in [-0.2, 0) is 27.7 Å². The van der Waals surface area contributed by atoms with Gasteiger partial charge in [0.15, 0.2) is 6.10 Å². The van der Waals surface area contributed by atoms with Gasteiger partial charge >= 0.3 is 13.8 Å². The SMILES string of the molecule is CCOC(=O)C(OP(=O)(OC)OC)c1ccccc1. The first kappa shape index (κ1) is 15.9. The average molecular weight is 288 g/mol. The molecule has 0 spiro atoms. The number of ether oxygens (including phenoxy) is 1. The summed E-state index contributed by atoms with van der Waals surface area (Å²) in [5, 5.41) is 0. The maximum atomic E-state index is 12.0. The van der Waals surface area contributed by atoms with E-state index in [-0.39, 0.29) is 6.61 Å². The first-order chi connectivity index (χ1) is 9.06. The van der Waals surface area contributed by atoms with E-state index >= 15 is 0 Å². The molecule has 1 aromatic rings. The van der Waals surface area contributed by atoms with Gasteiger partial charge in [0.25, 0.3) is 0 Å². The van der Waals surface area contributed by atoms with E-state index in [4.69, 9.17) is 9.26 Å². The summed E-state index contributed by atoms with van der Waals surface area (Å²) < 4.78 is 31.4. The summed E-state index contributed by atoms with van der Waals surface area (Å²) >= 11 is 0. The van der Waals surface area contributed by atoms with Gasteiger partial charge in [-0.05, 0) is 12.5 Å². The molecule has 6 nitrogen and oxygen atoms in total. The Kier molecular flexibility index (Phi) is 6.18. The minimum Gasteiger partial charge on any atom is -0.464 e. The molecule has 19 heavy (non-hydrogen) atoms. The van der Waals surface area contributed by atoms with Crippen molar-refractivity contribution in [1.29, 1.82) is 0 Å². The van der Waals surface area contributed by atoms with Crippen LogP contribution in [0.25, 0.3) is 0 Å². The van der Waals surface area contributed by atoms with Crippen LogP contribution in [0.5, 0.6) is 0 Å². The number of carbonyl (C=O) groups excluding carboxylic acids is 1. The molecular weight excluding hydrogens is 271 g/mol. The highest BCUT2D eigenvalue weighted by molar-refractivity contribution is 7.48. The molecule has 1 atom stereocenters. The predicted octanol–water partition coefficient (Wildman–Crippen LogP) is 2.71. The van der Waals surface area contributed by atoms with Crippen molar-refractivity contribution in [3.05, 3.63) is 35.9 Å². The van der Waals surface area contributed by atoms with Crippen molar-refractivity contribution in [1.82, 2.24) is 0 Å². The summed E-state index contributed by atoms with van der Waals surface area (Å²) in [6.45, 7) is 1.86. The van der Waals surface area contributed by atoms with Crippen molar-refractivity contribution >= 4 is 13.8 Å². The van der Waals surface area contributed by atoms with Crippen LogP contribution in [0.3, 0.4) is 0 Å². The molecule has 0 fully saturated rings. The quantitative estimate of drug-likeness (QED) is 0.567. The fourth-order valence-corrected chi connectivity index (χ4v) is 2.16. The number of hydrogen-bond acceptors (Lipinski definition) is 6. The fourth-order valence-electron chi connectivity index (χ4n) is 1.38. The molecule has 0 aromatic heterocycles. The summed E-state index contributed by atoms with van der Waals surface area (Å²) in [5.74, 6) is -0.650. The molecule has 0 aliphatic heterocycles. The number of hydrogen-bond donors (Lipinski definition) is 0. The lowest BCUT2D eigenvalue weighted by Crippen LogP contribution is -2.18. The van der Waals surface area contributed by atoms with Crippen molar-refractivity contribution in [3.63, 3.8) is 0 Å². The van der Waals surface area contributed by atoms with Crippen molar-refractivity contribution < 1.29 is 27.7 Å². The van der Waals surface area contributed by atoms with Gasteiger partial charge in [-0.25, -0.2) is 9.36 Å². The molecule has 7 heteroatoms. The summed E-state index contributed by atoms with van der Waals surface area (Å²) in [6, 6.07) is 8.58. The first-order valence-electron chi connectivity index (χ1n) is 5.67. The smallest absolute Gasteiger partial charge is 0.464 e. The van der Waals surface area contributed by atoms with E-state index in [1.54, 1.807) is 37.3 Å². The fraction of sp³-hybridized carbons (Fsp3) is 0.417. The van der Waals surface area contributed by atoms with Gasteiger partial charge in [0.1, 0.15) is 0 Å². The minimum absolute atomic E-state index is 0.190. The molecule has 1 rings (SSSR count). The number of phosphoric ester groups is 1. The Balaban J connectivity index is 3.00. The Bertz CT molecular complexity index is 439. The molecule has 1 aromatic carbocycles. The zero-order valence-electron chi connectivity index (χ0n) is 11.1. The topological polar surface area (TPSA) is 71.1 Å². The van der Waals surface area contributed by atoms with Crippen LogP contribution >= 0.6 is 7.82 Å². The normalized spacial score (nSPS) is 13.0. The molecule has 106 valence electrons. The van der Waals surface area contributed by atoms with Crippen LogP contribution < -0.4 is 0 Å². The van der Waals surface area contributed by atoms with Crippen molar-refractivity contribution in [3.8, 4) is 0 Å². The molecule has 0 radical (unpaired) electrons. The number of esters is 1. The summed E-state index contributed by atoms with van der Waals surface area (Å²) in [7, 11) is -1.42. The second-order valence-electron chi connectivity index (χ2n) is 3.46. The van der Waals surface area contributed by atoms with Crippen molar-refractivity contribution in [2.45, 2.75) is 13.0 Å². The highest BCUT2D eigenvalue weighted by Gasteiger charge is 2.34. The molecule has 0 aliphatic carbocycles. The predicted molar refractivity (Wildman–Crippen MR) is 68.5 cm³/mol. The third-order valence-corrected chi connectivity index (χ3v) is 3.65. The Morgan fingerprint density at radius 3 is 2.26 bits per heavy atom. The van der Waals surface area contributed by atoms with Gasteiger partial charge in [0.2, 0.25) is 0 Å². The third-order valence-electron chi connectivity index (χ3n) is 2.28. The van der Waals surface area contributed by atoms with E-state index in [2.05, 4.69) is 9.05 Å². The van der Waals surface area contributed by atoms with Gasteiger partial charge < -0.3 is 4.74 Å². The maximum Gasteiger partial charge on any atom is 0.475 e. The van der Waals surface area contributed by atoms with Crippen LogP contribution in [0.15, 0.2) is 30.3 Å². The summed E-state index contributed by atoms with van der Waals surface area (Å²) in [6.07, 6.45) is -1.16. The number of phosphoric acid groups is 1. The van der Waals surface area contributed by atoms with Gasteiger partial charge in [-0.15, -0.1) is 0 Å². The zero-order chi connectivity index (χ0) is 14.3. The highest BCUT2D eigenvalue weighted by Crippen LogP contribution is 2.51. The van der Waals surface area contributed by atoms with E-state index in [0.29, 0.717) is 5.56 Å². The van der Waals surface area contributed by atoms with Crippen LogP contribution in [0.2, 0.25) is 0 Å². The lowest BCUT2D eigenvalue weighted by molar-refractivity contribution is -0.152. The third kappa shape index (κ3) is 4.44. The Morgan fingerprint density at radius 2 is 1.79 bits per heavy atom. The second-order valence-corrected chi connectivity index (χ2v) is 5.30. The number of rotatable bonds is 7. The maximum absolute atomic E-state index is 12.0. The highest BCUT2D eigenvalue weighted by atomic mass is 31.2. The standard InChI is InChI=1S/C12H17O6P/c1-4-17-12(13)11(10-8-6-5-7-9-10)18-19(14,15-2)16-3/h5-9,11H,4H2,1-3H3. The van der Waals surface area contributed by atoms with Gasteiger partial charge in [-0.3, -0.25) is 13.6 Å². The van der Waals surface area contributed by atoms with E-state index in [1.807, 2.05) is 0 Å². The van der Waals surface area contributed by atoms with Crippen LogP contribution in [0.4, 0.5) is 0 Å². The van der Waals surface area contributed by atoms with Gasteiger partial charge in [0, 0.05) is 14.2 Å². The Labute approximate surface area is 112 Å². The van der Waals surface area contributed by atoms with Crippen LogP contribution in [-0.4, -0.2) is 26.8 Å². The summed E-state index contributed by atoms with van der Waals surface area (Å²) in [5.41, 5.74) is 0.510. The lowest BCUT2D eigenvalue weighted by Gasteiger charge is -2.20. The molecule has 0 N–H and O–H groups in total. The van der Waals surface area contributed by atoms with Gasteiger partial charge in [0.05, 0.1) is 6.61 Å².